The Morgan fingerprint density at radius 3 is 2.85 bits per heavy atom. The third-order valence-corrected chi connectivity index (χ3v) is 4.44. The van der Waals surface area contributed by atoms with Crippen molar-refractivity contribution in [2.45, 2.75) is 19.8 Å². The van der Waals surface area contributed by atoms with Crippen molar-refractivity contribution in [1.29, 1.82) is 0 Å². The molecule has 0 radical (unpaired) electrons. The van der Waals surface area contributed by atoms with Gasteiger partial charge in [0.15, 0.2) is 0 Å². The molecule has 2 aromatic heterocycles. The molecule has 2 aromatic rings. The maximum atomic E-state index is 5.91. The molecule has 0 aromatic carbocycles. The lowest BCUT2D eigenvalue weighted by Gasteiger charge is -2.09. The predicted molar refractivity (Wildman–Crippen MR) is 90.0 cm³/mol. The van der Waals surface area contributed by atoms with E-state index in [0.29, 0.717) is 5.95 Å². The van der Waals surface area contributed by atoms with Crippen molar-refractivity contribution in [3.8, 4) is 0 Å². The van der Waals surface area contributed by atoms with Crippen molar-refractivity contribution in [2.75, 3.05) is 23.7 Å². The van der Waals surface area contributed by atoms with Crippen LogP contribution in [-0.2, 0) is 6.42 Å². The molecule has 0 aliphatic carbocycles. The summed E-state index contributed by atoms with van der Waals surface area (Å²) in [5.41, 5.74) is 0. The van der Waals surface area contributed by atoms with Crippen molar-refractivity contribution in [2.24, 2.45) is 0 Å². The van der Waals surface area contributed by atoms with Crippen LogP contribution in [0, 0.1) is 0 Å². The standard InChI is InChI=1S/C13H16BrClN4S/c1-2-6-17-13-18-8-10(14)12(19-13)16-7-5-9-3-4-11(15)20-9/h3-4,8H,2,5-7H2,1H3,(H2,16,17,18,19). The second-order valence-electron chi connectivity index (χ2n) is 4.20. The average Bonchev–Trinajstić information content (AvgIpc) is 2.85. The molecule has 0 atom stereocenters. The monoisotopic (exact) mass is 374 g/mol. The lowest BCUT2D eigenvalue weighted by atomic mass is 10.3. The van der Waals surface area contributed by atoms with Crippen LogP contribution in [0.2, 0.25) is 4.34 Å². The van der Waals surface area contributed by atoms with Crippen LogP contribution in [0.25, 0.3) is 0 Å². The number of thiophene rings is 1. The first-order chi connectivity index (χ1) is 9.69. The van der Waals surface area contributed by atoms with E-state index in [4.69, 9.17) is 11.6 Å². The maximum absolute atomic E-state index is 5.91. The molecular weight excluding hydrogens is 360 g/mol. The largest absolute Gasteiger partial charge is 0.369 e. The molecule has 7 heteroatoms. The van der Waals surface area contributed by atoms with Gasteiger partial charge in [-0.1, -0.05) is 18.5 Å². The minimum absolute atomic E-state index is 0.650. The molecular formula is C13H16BrClN4S. The van der Waals surface area contributed by atoms with Gasteiger partial charge in [0.25, 0.3) is 0 Å². The summed E-state index contributed by atoms with van der Waals surface area (Å²) in [4.78, 5) is 9.93. The minimum atomic E-state index is 0.650. The topological polar surface area (TPSA) is 49.8 Å². The Hall–Kier alpha value is -0.850. The third kappa shape index (κ3) is 4.61. The second-order valence-corrected chi connectivity index (χ2v) is 6.85. The number of aromatic nitrogens is 2. The molecule has 0 unspecified atom stereocenters. The van der Waals surface area contributed by atoms with E-state index in [1.165, 1.54) is 4.88 Å². The Kier molecular flexibility index (Phi) is 6.06. The summed E-state index contributed by atoms with van der Waals surface area (Å²) in [6.07, 6.45) is 3.72. The molecule has 2 N–H and O–H groups in total. The van der Waals surface area contributed by atoms with E-state index in [1.807, 2.05) is 6.07 Å². The molecule has 2 heterocycles. The molecule has 0 spiro atoms. The highest BCUT2D eigenvalue weighted by Gasteiger charge is 2.05. The van der Waals surface area contributed by atoms with Gasteiger partial charge in [0.1, 0.15) is 5.82 Å². The highest BCUT2D eigenvalue weighted by molar-refractivity contribution is 9.10. The summed E-state index contributed by atoms with van der Waals surface area (Å²) < 4.78 is 1.69. The second kappa shape index (κ2) is 7.81. The summed E-state index contributed by atoms with van der Waals surface area (Å²) in [5, 5.41) is 6.49. The van der Waals surface area contributed by atoms with Crippen LogP contribution in [0.4, 0.5) is 11.8 Å². The number of halogens is 2. The van der Waals surface area contributed by atoms with E-state index in [9.17, 15) is 0 Å². The highest BCUT2D eigenvalue weighted by atomic mass is 79.9. The summed E-state index contributed by atoms with van der Waals surface area (Å²) in [7, 11) is 0. The van der Waals surface area contributed by atoms with Crippen LogP contribution < -0.4 is 10.6 Å². The predicted octanol–water partition coefficient (Wildman–Crippen LogP) is 4.43. The molecule has 2 rings (SSSR count). The molecule has 0 aliphatic rings. The van der Waals surface area contributed by atoms with Crippen LogP contribution in [0.1, 0.15) is 18.2 Å². The third-order valence-electron chi connectivity index (χ3n) is 2.57. The summed E-state index contributed by atoms with van der Waals surface area (Å²) >= 11 is 11.0. The molecule has 0 saturated carbocycles. The van der Waals surface area contributed by atoms with Crippen molar-refractivity contribution < 1.29 is 0 Å². The average molecular weight is 376 g/mol. The van der Waals surface area contributed by atoms with Crippen LogP contribution >= 0.6 is 38.9 Å². The Morgan fingerprint density at radius 1 is 1.30 bits per heavy atom. The van der Waals surface area contributed by atoms with Gasteiger partial charge in [-0.2, -0.15) is 4.98 Å². The van der Waals surface area contributed by atoms with Crippen LogP contribution in [0.3, 0.4) is 0 Å². The van der Waals surface area contributed by atoms with E-state index in [-0.39, 0.29) is 0 Å². The van der Waals surface area contributed by atoms with Gasteiger partial charge in [-0.25, -0.2) is 4.98 Å². The quantitative estimate of drug-likeness (QED) is 0.751. The van der Waals surface area contributed by atoms with Gasteiger partial charge in [0, 0.05) is 24.2 Å². The number of nitrogens with one attached hydrogen (secondary N) is 2. The van der Waals surface area contributed by atoms with E-state index in [2.05, 4.69) is 49.5 Å². The molecule has 4 nitrogen and oxygen atoms in total. The van der Waals surface area contributed by atoms with Crippen molar-refractivity contribution in [3.63, 3.8) is 0 Å². The van der Waals surface area contributed by atoms with Crippen LogP contribution in [-0.4, -0.2) is 23.1 Å². The Morgan fingerprint density at radius 2 is 2.15 bits per heavy atom. The smallest absolute Gasteiger partial charge is 0.224 e. The molecule has 0 fully saturated rings. The molecule has 0 bridgehead atoms. The summed E-state index contributed by atoms with van der Waals surface area (Å²) in [5.74, 6) is 1.46. The van der Waals surface area contributed by atoms with Gasteiger partial charge >= 0.3 is 0 Å². The Bertz CT molecular complexity index is 561. The first-order valence-electron chi connectivity index (χ1n) is 6.43. The molecule has 0 saturated heterocycles. The van der Waals surface area contributed by atoms with Crippen molar-refractivity contribution in [1.82, 2.24) is 9.97 Å². The first kappa shape index (κ1) is 15.5. The van der Waals surface area contributed by atoms with Gasteiger partial charge in [0.2, 0.25) is 5.95 Å². The number of hydrogen-bond donors (Lipinski definition) is 2. The number of rotatable bonds is 7. The maximum Gasteiger partial charge on any atom is 0.224 e. The van der Waals surface area contributed by atoms with Gasteiger partial charge in [-0.05, 0) is 40.9 Å². The SMILES string of the molecule is CCCNc1ncc(Br)c(NCCc2ccc(Cl)s2)n1. The normalized spacial score (nSPS) is 10.6. The Labute approximate surface area is 136 Å². The van der Waals surface area contributed by atoms with Gasteiger partial charge in [-0.3, -0.25) is 0 Å². The van der Waals surface area contributed by atoms with Crippen molar-refractivity contribution >= 4 is 50.6 Å². The van der Waals surface area contributed by atoms with Gasteiger partial charge < -0.3 is 10.6 Å². The fourth-order valence-corrected chi connectivity index (χ4v) is 3.02. The number of hydrogen-bond acceptors (Lipinski definition) is 5. The van der Waals surface area contributed by atoms with E-state index >= 15 is 0 Å². The number of anilines is 2. The van der Waals surface area contributed by atoms with Gasteiger partial charge in [-0.15, -0.1) is 11.3 Å². The highest BCUT2D eigenvalue weighted by Crippen LogP contribution is 2.23. The Balaban J connectivity index is 1.90. The molecule has 0 aliphatic heterocycles. The minimum Gasteiger partial charge on any atom is -0.369 e. The zero-order chi connectivity index (χ0) is 14.4. The van der Waals surface area contributed by atoms with Gasteiger partial charge in [0.05, 0.1) is 8.81 Å². The van der Waals surface area contributed by atoms with Crippen LogP contribution in [0.15, 0.2) is 22.8 Å². The fraction of sp³-hybridized carbons (Fsp3) is 0.385. The van der Waals surface area contributed by atoms with Crippen LogP contribution in [0.5, 0.6) is 0 Å². The van der Waals surface area contributed by atoms with E-state index < -0.39 is 0 Å². The molecule has 20 heavy (non-hydrogen) atoms. The molecule has 0 amide bonds. The fourth-order valence-electron chi connectivity index (χ4n) is 1.60. The zero-order valence-corrected chi connectivity index (χ0v) is 14.3. The zero-order valence-electron chi connectivity index (χ0n) is 11.1. The first-order valence-corrected chi connectivity index (χ1v) is 8.42. The van der Waals surface area contributed by atoms with Crippen molar-refractivity contribution in [3.05, 3.63) is 32.0 Å². The summed E-state index contributed by atoms with van der Waals surface area (Å²) in [6.45, 7) is 3.78. The summed E-state index contributed by atoms with van der Waals surface area (Å²) in [6, 6.07) is 3.98. The van der Waals surface area contributed by atoms with E-state index in [1.54, 1.807) is 17.5 Å². The van der Waals surface area contributed by atoms with E-state index in [0.717, 1.165) is 40.6 Å². The molecule has 108 valence electrons. The lowest BCUT2D eigenvalue weighted by molar-refractivity contribution is 0.946. The lowest BCUT2D eigenvalue weighted by Crippen LogP contribution is -2.10. The number of nitrogens with zero attached hydrogens (tertiary/aromatic N) is 2.